The lowest BCUT2D eigenvalue weighted by molar-refractivity contribution is -0.232. The second kappa shape index (κ2) is 8.66. The van der Waals surface area contributed by atoms with Gasteiger partial charge in [0, 0.05) is 24.4 Å². The van der Waals surface area contributed by atoms with Crippen molar-refractivity contribution in [1.82, 2.24) is 5.32 Å². The molecule has 0 aliphatic carbocycles. The molecule has 0 saturated carbocycles. The third-order valence-corrected chi connectivity index (χ3v) is 5.38. The van der Waals surface area contributed by atoms with E-state index in [0.717, 1.165) is 12.1 Å². The van der Waals surface area contributed by atoms with Crippen LogP contribution in [-0.2, 0) is 6.54 Å². The predicted molar refractivity (Wildman–Crippen MR) is 107 cm³/mol. The van der Waals surface area contributed by atoms with E-state index in [1.807, 2.05) is 0 Å². The van der Waals surface area contributed by atoms with Gasteiger partial charge in [-0.1, -0.05) is 13.0 Å². The molecular formula is C22H22F4N2O3. The first-order chi connectivity index (χ1) is 14.6. The number of alkyl halides is 3. The van der Waals surface area contributed by atoms with Gasteiger partial charge in [0.05, 0.1) is 12.8 Å². The lowest BCUT2D eigenvalue weighted by Crippen LogP contribution is -2.47. The molecule has 5 nitrogen and oxygen atoms in total. The lowest BCUT2D eigenvalue weighted by atomic mass is 9.84. The third-order valence-electron chi connectivity index (χ3n) is 5.38. The largest absolute Gasteiger partial charge is 0.496 e. The maximum Gasteiger partial charge on any atom is 0.422 e. The monoisotopic (exact) mass is 438 g/mol. The van der Waals surface area contributed by atoms with Crippen LogP contribution in [0.2, 0.25) is 0 Å². The van der Waals surface area contributed by atoms with E-state index in [-0.39, 0.29) is 30.3 Å². The second-order valence-corrected chi connectivity index (χ2v) is 7.40. The molecule has 9 heteroatoms. The van der Waals surface area contributed by atoms with Gasteiger partial charge in [0.15, 0.2) is 5.60 Å². The summed E-state index contributed by atoms with van der Waals surface area (Å²) in [6.45, 7) is 1.94. The number of benzene rings is 2. The zero-order valence-corrected chi connectivity index (χ0v) is 17.0. The number of nitrogens with zero attached hydrogens (tertiary/aromatic N) is 1. The van der Waals surface area contributed by atoms with Crippen molar-refractivity contribution in [3.8, 4) is 5.75 Å². The highest BCUT2D eigenvalue weighted by molar-refractivity contribution is 5.98. The van der Waals surface area contributed by atoms with E-state index in [1.54, 1.807) is 6.92 Å². The Kier molecular flexibility index (Phi) is 6.35. The SMILES string of the molecule is CCC(CC(O)(C=Nc1ccc2c(c1)CNC2=O)C(F)(F)F)c1ccc(F)cc1OC. The molecule has 166 valence electrons. The van der Waals surface area contributed by atoms with Crippen molar-refractivity contribution < 1.29 is 32.2 Å². The minimum atomic E-state index is -4.99. The maximum absolute atomic E-state index is 13.8. The highest BCUT2D eigenvalue weighted by Gasteiger charge is 2.53. The highest BCUT2D eigenvalue weighted by atomic mass is 19.4. The van der Waals surface area contributed by atoms with Crippen molar-refractivity contribution in [3.05, 3.63) is 58.9 Å². The molecule has 0 saturated heterocycles. The molecule has 1 aliphatic heterocycles. The molecule has 1 aliphatic rings. The van der Waals surface area contributed by atoms with Crippen LogP contribution in [0.1, 0.15) is 47.2 Å². The van der Waals surface area contributed by atoms with Gasteiger partial charge in [0.25, 0.3) is 5.91 Å². The molecule has 2 aromatic rings. The van der Waals surface area contributed by atoms with E-state index in [9.17, 15) is 27.5 Å². The Morgan fingerprint density at radius 3 is 2.65 bits per heavy atom. The molecular weight excluding hydrogens is 416 g/mol. The van der Waals surface area contributed by atoms with Crippen molar-refractivity contribution in [2.45, 2.75) is 44.0 Å². The molecule has 1 heterocycles. The number of hydrogen-bond donors (Lipinski definition) is 2. The van der Waals surface area contributed by atoms with Crippen LogP contribution in [0.5, 0.6) is 5.75 Å². The number of aliphatic imine (C=N–C) groups is 1. The number of halogens is 4. The summed E-state index contributed by atoms with van der Waals surface area (Å²) in [4.78, 5) is 15.5. The van der Waals surface area contributed by atoms with Crippen molar-refractivity contribution in [2.24, 2.45) is 4.99 Å². The lowest BCUT2D eigenvalue weighted by Gasteiger charge is -2.31. The third kappa shape index (κ3) is 4.71. The molecule has 2 atom stereocenters. The molecule has 31 heavy (non-hydrogen) atoms. The summed E-state index contributed by atoms with van der Waals surface area (Å²) in [5, 5.41) is 13.2. The van der Waals surface area contributed by atoms with E-state index in [1.165, 1.54) is 31.4 Å². The number of nitrogens with one attached hydrogen (secondary N) is 1. The molecule has 0 aromatic heterocycles. The zero-order valence-electron chi connectivity index (χ0n) is 17.0. The summed E-state index contributed by atoms with van der Waals surface area (Å²) >= 11 is 0. The Balaban J connectivity index is 1.92. The summed E-state index contributed by atoms with van der Waals surface area (Å²) in [6, 6.07) is 7.99. The van der Waals surface area contributed by atoms with Crippen LogP contribution in [0.3, 0.4) is 0 Å². The van der Waals surface area contributed by atoms with Crippen LogP contribution < -0.4 is 10.1 Å². The Morgan fingerprint density at radius 2 is 2.00 bits per heavy atom. The minimum Gasteiger partial charge on any atom is -0.496 e. The Labute approximate surface area is 176 Å². The second-order valence-electron chi connectivity index (χ2n) is 7.40. The maximum atomic E-state index is 13.8. The number of carbonyl (C=O) groups is 1. The fourth-order valence-electron chi connectivity index (χ4n) is 3.59. The molecule has 0 radical (unpaired) electrons. The van der Waals surface area contributed by atoms with E-state index in [0.29, 0.717) is 22.9 Å². The van der Waals surface area contributed by atoms with Crippen molar-refractivity contribution in [3.63, 3.8) is 0 Å². The van der Waals surface area contributed by atoms with Gasteiger partial charge < -0.3 is 15.2 Å². The average molecular weight is 438 g/mol. The topological polar surface area (TPSA) is 70.9 Å². The fraction of sp³-hybridized carbons (Fsp3) is 0.364. The summed E-state index contributed by atoms with van der Waals surface area (Å²) < 4.78 is 60.2. The molecule has 2 unspecified atom stereocenters. The zero-order chi connectivity index (χ0) is 22.8. The van der Waals surface area contributed by atoms with Crippen molar-refractivity contribution in [2.75, 3.05) is 7.11 Å². The van der Waals surface area contributed by atoms with Crippen LogP contribution in [0.25, 0.3) is 0 Å². The van der Waals surface area contributed by atoms with Gasteiger partial charge in [-0.05, 0) is 54.2 Å². The number of methoxy groups -OCH3 is 1. The van der Waals surface area contributed by atoms with Gasteiger partial charge in [-0.25, -0.2) is 4.39 Å². The van der Waals surface area contributed by atoms with Crippen molar-refractivity contribution in [1.29, 1.82) is 0 Å². The summed E-state index contributed by atoms with van der Waals surface area (Å²) in [5.41, 5.74) is -1.60. The number of amides is 1. The number of ether oxygens (including phenoxy) is 1. The number of hydrogen-bond acceptors (Lipinski definition) is 4. The fourth-order valence-corrected chi connectivity index (χ4v) is 3.59. The first-order valence-electron chi connectivity index (χ1n) is 9.67. The number of carbonyl (C=O) groups excluding carboxylic acids is 1. The molecule has 3 rings (SSSR count). The molecule has 2 aromatic carbocycles. The number of rotatable bonds is 7. The van der Waals surface area contributed by atoms with E-state index >= 15 is 0 Å². The highest BCUT2D eigenvalue weighted by Crippen LogP contribution is 2.41. The first kappa shape index (κ1) is 22.7. The van der Waals surface area contributed by atoms with Crippen LogP contribution in [0.15, 0.2) is 41.4 Å². The quantitative estimate of drug-likeness (QED) is 0.488. The molecule has 2 N–H and O–H groups in total. The van der Waals surface area contributed by atoms with Gasteiger partial charge in [-0.15, -0.1) is 0 Å². The van der Waals surface area contributed by atoms with Crippen LogP contribution in [0, 0.1) is 5.82 Å². The molecule has 0 fully saturated rings. The van der Waals surface area contributed by atoms with Gasteiger partial charge >= 0.3 is 6.18 Å². The number of aliphatic hydroxyl groups is 1. The Bertz CT molecular complexity index is 1010. The predicted octanol–water partition coefficient (Wildman–Crippen LogP) is 4.66. The summed E-state index contributed by atoms with van der Waals surface area (Å²) in [7, 11) is 1.30. The smallest absolute Gasteiger partial charge is 0.422 e. The Morgan fingerprint density at radius 1 is 1.26 bits per heavy atom. The van der Waals surface area contributed by atoms with E-state index in [2.05, 4.69) is 10.3 Å². The van der Waals surface area contributed by atoms with Crippen molar-refractivity contribution >= 4 is 17.8 Å². The first-order valence-corrected chi connectivity index (χ1v) is 9.67. The molecule has 1 amide bonds. The minimum absolute atomic E-state index is 0.115. The van der Waals surface area contributed by atoms with Gasteiger partial charge in [0.1, 0.15) is 11.6 Å². The van der Waals surface area contributed by atoms with Gasteiger partial charge in [0.2, 0.25) is 0 Å². The van der Waals surface area contributed by atoms with Crippen LogP contribution >= 0.6 is 0 Å². The standard InChI is InChI=1S/C22H22F4N2O3/c1-3-13(17-6-4-15(23)9-19(17)31-2)10-21(30,22(24,25)26)12-28-16-5-7-18-14(8-16)11-27-20(18)29/h4-9,12-13,30H,3,10-11H2,1-2H3,(H,27,29). The Hall–Kier alpha value is -2.94. The van der Waals surface area contributed by atoms with E-state index in [4.69, 9.17) is 4.74 Å². The van der Waals surface area contributed by atoms with Crippen LogP contribution in [-0.4, -0.2) is 36.1 Å². The summed E-state index contributed by atoms with van der Waals surface area (Å²) in [5.74, 6) is -1.48. The molecule has 0 spiro atoms. The summed E-state index contributed by atoms with van der Waals surface area (Å²) in [6.07, 6.45) is -4.98. The number of fused-ring (bicyclic) bond motifs is 1. The van der Waals surface area contributed by atoms with Crippen LogP contribution in [0.4, 0.5) is 23.2 Å². The van der Waals surface area contributed by atoms with E-state index < -0.39 is 29.9 Å². The van der Waals surface area contributed by atoms with Gasteiger partial charge in [-0.3, -0.25) is 9.79 Å². The van der Waals surface area contributed by atoms with Gasteiger partial charge in [-0.2, -0.15) is 13.2 Å². The normalized spacial score (nSPS) is 16.7. The molecule has 0 bridgehead atoms. The average Bonchev–Trinajstić information content (AvgIpc) is 3.10.